The Morgan fingerprint density at radius 1 is 1.38 bits per heavy atom. The molecule has 1 rings (SSSR count). The second-order valence-corrected chi connectivity index (χ2v) is 6.13. The average molecular weight is 383 g/mol. The zero-order valence-corrected chi connectivity index (χ0v) is 13.7. The molecule has 0 fully saturated rings. The van der Waals surface area contributed by atoms with Gasteiger partial charge in [-0.3, -0.25) is 4.79 Å². The molecule has 0 heterocycles. The summed E-state index contributed by atoms with van der Waals surface area (Å²) in [6, 6.07) is 3.01. The molecule has 0 bridgehead atoms. The number of rotatable bonds is 4. The summed E-state index contributed by atoms with van der Waals surface area (Å²) in [6.07, 6.45) is -4.49. The van der Waals surface area contributed by atoms with E-state index >= 15 is 0 Å². The van der Waals surface area contributed by atoms with Crippen LogP contribution in [0.2, 0.25) is 0 Å². The number of anilines is 1. The maximum absolute atomic E-state index is 12.7. The maximum atomic E-state index is 12.7. The predicted octanol–water partition coefficient (Wildman–Crippen LogP) is 3.96. The molecule has 0 radical (unpaired) electrons. The lowest BCUT2D eigenvalue weighted by Crippen LogP contribution is -2.36. The summed E-state index contributed by atoms with van der Waals surface area (Å²) in [4.78, 5) is 12.1. The normalized spacial score (nSPS) is 13.1. The van der Waals surface area contributed by atoms with Crippen molar-refractivity contribution >= 4 is 44.7 Å². The van der Waals surface area contributed by atoms with E-state index in [4.69, 9.17) is 18.0 Å². The summed E-state index contributed by atoms with van der Waals surface area (Å²) in [5, 5.41) is 2.43. The Kier molecular flexibility index (Phi) is 5.75. The van der Waals surface area contributed by atoms with Gasteiger partial charge in [0, 0.05) is 4.47 Å². The molecule has 21 heavy (non-hydrogen) atoms. The summed E-state index contributed by atoms with van der Waals surface area (Å²) in [6.45, 7) is 3.51. The first-order valence-electron chi connectivity index (χ1n) is 6.01. The number of benzene rings is 1. The number of nitrogens with two attached hydrogens (primary N) is 1. The van der Waals surface area contributed by atoms with Gasteiger partial charge in [0.05, 0.1) is 22.2 Å². The highest BCUT2D eigenvalue weighted by molar-refractivity contribution is 9.10. The van der Waals surface area contributed by atoms with Gasteiger partial charge in [0.25, 0.3) is 0 Å². The quantitative estimate of drug-likeness (QED) is 0.774. The molecule has 0 spiro atoms. The molecule has 0 saturated heterocycles. The van der Waals surface area contributed by atoms with Crippen molar-refractivity contribution in [2.24, 2.45) is 17.6 Å². The van der Waals surface area contributed by atoms with Crippen molar-refractivity contribution in [2.45, 2.75) is 20.0 Å². The van der Waals surface area contributed by atoms with Crippen molar-refractivity contribution < 1.29 is 18.0 Å². The monoisotopic (exact) mass is 382 g/mol. The summed E-state index contributed by atoms with van der Waals surface area (Å²) in [5.74, 6) is -1.44. The molecule has 0 aliphatic carbocycles. The van der Waals surface area contributed by atoms with Gasteiger partial charge >= 0.3 is 6.18 Å². The highest BCUT2D eigenvalue weighted by atomic mass is 79.9. The van der Waals surface area contributed by atoms with Crippen molar-refractivity contribution in [3.8, 4) is 0 Å². The summed E-state index contributed by atoms with van der Waals surface area (Å²) in [5.41, 5.74) is 4.68. The number of hydrogen-bond donors (Lipinski definition) is 2. The van der Waals surface area contributed by atoms with Crippen LogP contribution in [0.15, 0.2) is 22.7 Å². The number of carbonyl (C=O) groups is 1. The Bertz CT molecular complexity index is 561. The van der Waals surface area contributed by atoms with Crippen LogP contribution in [0.25, 0.3) is 0 Å². The molecular formula is C13H14BrF3N2OS. The van der Waals surface area contributed by atoms with Crippen LogP contribution in [0.5, 0.6) is 0 Å². The lowest BCUT2D eigenvalue weighted by atomic mass is 9.95. The van der Waals surface area contributed by atoms with E-state index in [0.29, 0.717) is 4.47 Å². The highest BCUT2D eigenvalue weighted by Crippen LogP contribution is 2.34. The molecule has 1 aromatic rings. The maximum Gasteiger partial charge on any atom is 0.416 e. The molecule has 8 heteroatoms. The lowest BCUT2D eigenvalue weighted by molar-refractivity contribution is -0.137. The number of hydrogen-bond acceptors (Lipinski definition) is 2. The molecule has 1 atom stereocenters. The predicted molar refractivity (Wildman–Crippen MR) is 82.9 cm³/mol. The molecule has 1 unspecified atom stereocenters. The second-order valence-electron chi connectivity index (χ2n) is 4.81. The van der Waals surface area contributed by atoms with Crippen LogP contribution in [0.1, 0.15) is 19.4 Å². The third-order valence-electron chi connectivity index (χ3n) is 2.81. The van der Waals surface area contributed by atoms with Crippen molar-refractivity contribution in [2.75, 3.05) is 5.32 Å². The van der Waals surface area contributed by atoms with Crippen molar-refractivity contribution in [1.29, 1.82) is 0 Å². The van der Waals surface area contributed by atoms with Crippen LogP contribution in [0.3, 0.4) is 0 Å². The van der Waals surface area contributed by atoms with Gasteiger partial charge in [-0.2, -0.15) is 13.2 Å². The number of halogens is 4. The van der Waals surface area contributed by atoms with Crippen molar-refractivity contribution in [3.05, 3.63) is 28.2 Å². The molecule has 3 N–H and O–H groups in total. The number of alkyl halides is 3. The van der Waals surface area contributed by atoms with Crippen LogP contribution in [0.4, 0.5) is 18.9 Å². The average Bonchev–Trinajstić information content (AvgIpc) is 2.29. The van der Waals surface area contributed by atoms with E-state index in [2.05, 4.69) is 21.2 Å². The van der Waals surface area contributed by atoms with E-state index in [-0.39, 0.29) is 16.6 Å². The van der Waals surface area contributed by atoms with Crippen LogP contribution in [-0.2, 0) is 11.0 Å². The summed E-state index contributed by atoms with van der Waals surface area (Å²) < 4.78 is 38.4. The molecule has 0 saturated carbocycles. The SMILES string of the molecule is CC(C)C(C(=O)Nc1cc(C(F)(F)F)ccc1Br)C(N)=S. The van der Waals surface area contributed by atoms with Gasteiger partial charge in [-0.15, -0.1) is 0 Å². The molecule has 0 aliphatic rings. The Morgan fingerprint density at radius 2 is 1.95 bits per heavy atom. The van der Waals surface area contributed by atoms with Gasteiger partial charge in [-0.1, -0.05) is 26.1 Å². The zero-order valence-electron chi connectivity index (χ0n) is 11.3. The molecule has 1 amide bonds. The first-order chi connectivity index (χ1) is 9.54. The van der Waals surface area contributed by atoms with E-state index < -0.39 is 23.6 Å². The van der Waals surface area contributed by atoms with Crippen LogP contribution in [0, 0.1) is 11.8 Å². The fraction of sp³-hybridized carbons (Fsp3) is 0.385. The van der Waals surface area contributed by atoms with Crippen LogP contribution >= 0.6 is 28.1 Å². The summed E-state index contributed by atoms with van der Waals surface area (Å²) in [7, 11) is 0. The van der Waals surface area contributed by atoms with E-state index in [0.717, 1.165) is 12.1 Å². The third-order valence-corrected chi connectivity index (χ3v) is 3.75. The van der Waals surface area contributed by atoms with E-state index in [1.807, 2.05) is 0 Å². The van der Waals surface area contributed by atoms with Gasteiger partial charge in [-0.25, -0.2) is 0 Å². The van der Waals surface area contributed by atoms with Gasteiger partial charge in [0.1, 0.15) is 0 Å². The van der Waals surface area contributed by atoms with Gasteiger partial charge in [0.2, 0.25) is 5.91 Å². The molecule has 3 nitrogen and oxygen atoms in total. The number of nitrogens with one attached hydrogen (secondary N) is 1. The van der Waals surface area contributed by atoms with E-state index in [1.165, 1.54) is 6.07 Å². The minimum Gasteiger partial charge on any atom is -0.393 e. The van der Waals surface area contributed by atoms with Crippen LogP contribution in [-0.4, -0.2) is 10.9 Å². The lowest BCUT2D eigenvalue weighted by Gasteiger charge is -2.20. The van der Waals surface area contributed by atoms with Gasteiger partial charge < -0.3 is 11.1 Å². The van der Waals surface area contributed by atoms with E-state index in [1.54, 1.807) is 13.8 Å². The highest BCUT2D eigenvalue weighted by Gasteiger charge is 2.32. The Labute approximate surface area is 134 Å². The molecule has 0 aromatic heterocycles. The third kappa shape index (κ3) is 4.67. The van der Waals surface area contributed by atoms with Gasteiger partial charge in [-0.05, 0) is 40.0 Å². The van der Waals surface area contributed by atoms with Crippen molar-refractivity contribution in [3.63, 3.8) is 0 Å². The number of thiocarbonyl (C=S) groups is 1. The Morgan fingerprint density at radius 3 is 2.38 bits per heavy atom. The minimum absolute atomic E-state index is 0.00518. The van der Waals surface area contributed by atoms with Crippen molar-refractivity contribution in [1.82, 2.24) is 0 Å². The smallest absolute Gasteiger partial charge is 0.393 e. The minimum atomic E-state index is -4.49. The molecular weight excluding hydrogens is 369 g/mol. The largest absolute Gasteiger partial charge is 0.416 e. The Balaban J connectivity index is 3.07. The van der Waals surface area contributed by atoms with E-state index in [9.17, 15) is 18.0 Å². The molecule has 0 aliphatic heterocycles. The molecule has 1 aromatic carbocycles. The fourth-order valence-electron chi connectivity index (χ4n) is 1.77. The summed E-state index contributed by atoms with van der Waals surface area (Å²) >= 11 is 7.93. The van der Waals surface area contributed by atoms with Crippen LogP contribution < -0.4 is 11.1 Å². The number of carbonyl (C=O) groups excluding carboxylic acids is 1. The standard InChI is InChI=1S/C13H14BrF3N2OS/c1-6(2)10(11(18)21)12(20)19-9-5-7(13(15,16)17)3-4-8(9)14/h3-6,10H,1-2H3,(H2,18,21)(H,19,20). The first-order valence-corrected chi connectivity index (χ1v) is 7.21. The number of amides is 1. The van der Waals surface area contributed by atoms with Gasteiger partial charge in [0.15, 0.2) is 0 Å². The Hall–Kier alpha value is -1.15. The fourth-order valence-corrected chi connectivity index (χ4v) is 2.49. The zero-order chi connectivity index (χ0) is 16.4. The molecule has 116 valence electrons. The second kappa shape index (κ2) is 6.74. The topological polar surface area (TPSA) is 55.1 Å². The first kappa shape index (κ1) is 17.9.